The number of ether oxygens (including phenoxy) is 1. The molecule has 5 nitrogen and oxygen atoms in total. The molecule has 2 N–H and O–H groups in total. The first-order valence-electron chi connectivity index (χ1n) is 6.36. The molecule has 6 heteroatoms. The predicted molar refractivity (Wildman–Crippen MR) is 82.0 cm³/mol. The van der Waals surface area contributed by atoms with Crippen LogP contribution in [0.2, 0.25) is 5.02 Å². The van der Waals surface area contributed by atoms with Gasteiger partial charge in [-0.1, -0.05) is 17.7 Å². The van der Waals surface area contributed by atoms with Gasteiger partial charge in [-0.15, -0.1) is 0 Å². The molecule has 2 rings (SSSR count). The number of nitro benzene ring substituents is 1. The van der Waals surface area contributed by atoms with Crippen molar-refractivity contribution >= 4 is 17.3 Å². The highest BCUT2D eigenvalue weighted by atomic mass is 35.5. The molecule has 0 aliphatic rings. The molecule has 2 aromatic carbocycles. The van der Waals surface area contributed by atoms with Crippen molar-refractivity contribution in [3.8, 4) is 11.5 Å². The molecule has 1 unspecified atom stereocenters. The van der Waals surface area contributed by atoms with Gasteiger partial charge in [0.25, 0.3) is 5.69 Å². The number of nitrogens with two attached hydrogens (primary N) is 1. The zero-order valence-electron chi connectivity index (χ0n) is 11.7. The minimum absolute atomic E-state index is 0.0288. The van der Waals surface area contributed by atoms with Gasteiger partial charge < -0.3 is 10.5 Å². The van der Waals surface area contributed by atoms with Crippen molar-refractivity contribution in [2.24, 2.45) is 5.73 Å². The standard InChI is InChI=1S/C15H15ClN2O3/c1-9-3-5-12(18(19)20)8-15(9)21-14-6-4-11(10(2)17)7-13(14)16/h3-8,10H,17H2,1-2H3. The van der Waals surface area contributed by atoms with E-state index in [4.69, 9.17) is 22.1 Å². The second kappa shape index (κ2) is 6.11. The zero-order chi connectivity index (χ0) is 15.6. The quantitative estimate of drug-likeness (QED) is 0.672. The van der Waals surface area contributed by atoms with Crippen LogP contribution in [0.15, 0.2) is 36.4 Å². The molecule has 110 valence electrons. The van der Waals surface area contributed by atoms with Gasteiger partial charge in [-0.2, -0.15) is 0 Å². The average molecular weight is 307 g/mol. The van der Waals surface area contributed by atoms with Crippen LogP contribution in [-0.4, -0.2) is 4.92 Å². The molecule has 1 atom stereocenters. The summed E-state index contributed by atoms with van der Waals surface area (Å²) in [6.45, 7) is 3.67. The lowest BCUT2D eigenvalue weighted by atomic mass is 10.1. The van der Waals surface area contributed by atoms with Gasteiger partial charge >= 0.3 is 0 Å². The van der Waals surface area contributed by atoms with Crippen molar-refractivity contribution in [3.63, 3.8) is 0 Å². The van der Waals surface area contributed by atoms with Crippen LogP contribution >= 0.6 is 11.6 Å². The van der Waals surface area contributed by atoms with Crippen LogP contribution in [0.4, 0.5) is 5.69 Å². The molecule has 0 saturated carbocycles. The van der Waals surface area contributed by atoms with E-state index in [1.54, 1.807) is 18.2 Å². The molecule has 0 fully saturated rings. The molecule has 0 heterocycles. The van der Waals surface area contributed by atoms with Crippen LogP contribution in [-0.2, 0) is 0 Å². The van der Waals surface area contributed by atoms with Gasteiger partial charge in [0.2, 0.25) is 0 Å². The van der Waals surface area contributed by atoms with E-state index >= 15 is 0 Å². The van der Waals surface area contributed by atoms with Gasteiger partial charge in [0.15, 0.2) is 0 Å². The van der Waals surface area contributed by atoms with Crippen LogP contribution < -0.4 is 10.5 Å². The fourth-order valence-electron chi connectivity index (χ4n) is 1.81. The first-order chi connectivity index (χ1) is 9.88. The van der Waals surface area contributed by atoms with Crippen molar-refractivity contribution in [1.29, 1.82) is 0 Å². The molecule has 0 saturated heterocycles. The Bertz CT molecular complexity index is 687. The molecule has 21 heavy (non-hydrogen) atoms. The summed E-state index contributed by atoms with van der Waals surface area (Å²) in [5.41, 5.74) is 7.44. The second-order valence-electron chi connectivity index (χ2n) is 4.79. The third kappa shape index (κ3) is 3.51. The van der Waals surface area contributed by atoms with E-state index in [2.05, 4.69) is 0 Å². The Hall–Kier alpha value is -2.11. The smallest absolute Gasteiger partial charge is 0.273 e. The number of benzene rings is 2. The number of aryl methyl sites for hydroxylation is 1. The van der Waals surface area contributed by atoms with Crippen LogP contribution in [0.3, 0.4) is 0 Å². The van der Waals surface area contributed by atoms with E-state index in [1.807, 2.05) is 19.9 Å². The highest BCUT2D eigenvalue weighted by Crippen LogP contribution is 2.34. The van der Waals surface area contributed by atoms with Crippen molar-refractivity contribution in [3.05, 3.63) is 62.7 Å². The van der Waals surface area contributed by atoms with Crippen molar-refractivity contribution < 1.29 is 9.66 Å². The molecule has 0 radical (unpaired) electrons. The molecular formula is C15H15ClN2O3. The second-order valence-corrected chi connectivity index (χ2v) is 5.19. The van der Waals surface area contributed by atoms with Crippen LogP contribution in [0.1, 0.15) is 24.1 Å². The first kappa shape index (κ1) is 15.3. The number of halogens is 1. The Kier molecular flexibility index (Phi) is 4.45. The van der Waals surface area contributed by atoms with E-state index in [1.165, 1.54) is 12.1 Å². The number of nitro groups is 1. The van der Waals surface area contributed by atoms with Crippen molar-refractivity contribution in [2.75, 3.05) is 0 Å². The maximum Gasteiger partial charge on any atom is 0.273 e. The van der Waals surface area contributed by atoms with Gasteiger partial charge in [0.05, 0.1) is 16.0 Å². The van der Waals surface area contributed by atoms with Crippen LogP contribution in [0.25, 0.3) is 0 Å². The van der Waals surface area contributed by atoms with E-state index in [9.17, 15) is 10.1 Å². The number of hydrogen-bond acceptors (Lipinski definition) is 4. The van der Waals surface area contributed by atoms with Crippen molar-refractivity contribution in [1.82, 2.24) is 0 Å². The molecule has 0 bridgehead atoms. The van der Waals surface area contributed by atoms with Crippen LogP contribution in [0, 0.1) is 17.0 Å². The SMILES string of the molecule is Cc1ccc([N+](=O)[O-])cc1Oc1ccc(C(C)N)cc1Cl. The fraction of sp³-hybridized carbons (Fsp3) is 0.200. The third-order valence-corrected chi connectivity index (χ3v) is 3.38. The largest absolute Gasteiger partial charge is 0.455 e. The fourth-order valence-corrected chi connectivity index (χ4v) is 2.04. The van der Waals surface area contributed by atoms with Gasteiger partial charge in [-0.25, -0.2) is 0 Å². The number of rotatable bonds is 4. The summed E-state index contributed by atoms with van der Waals surface area (Å²) in [7, 11) is 0. The molecule has 0 aliphatic carbocycles. The average Bonchev–Trinajstić information content (AvgIpc) is 2.42. The lowest BCUT2D eigenvalue weighted by Gasteiger charge is -2.12. The summed E-state index contributed by atoms with van der Waals surface area (Å²) in [4.78, 5) is 10.3. The first-order valence-corrected chi connectivity index (χ1v) is 6.74. The molecular weight excluding hydrogens is 292 g/mol. The predicted octanol–water partition coefficient (Wildman–Crippen LogP) is 4.37. The summed E-state index contributed by atoms with van der Waals surface area (Å²) in [6.07, 6.45) is 0. The maximum absolute atomic E-state index is 10.8. The van der Waals surface area contributed by atoms with Crippen LogP contribution in [0.5, 0.6) is 11.5 Å². The van der Waals surface area contributed by atoms with E-state index in [-0.39, 0.29) is 11.7 Å². The lowest BCUT2D eigenvalue weighted by molar-refractivity contribution is -0.384. The number of hydrogen-bond donors (Lipinski definition) is 1. The van der Waals surface area contributed by atoms with Crippen molar-refractivity contribution in [2.45, 2.75) is 19.9 Å². The summed E-state index contributed by atoms with van der Waals surface area (Å²) in [5.74, 6) is 0.837. The lowest BCUT2D eigenvalue weighted by Crippen LogP contribution is -2.04. The highest BCUT2D eigenvalue weighted by Gasteiger charge is 2.12. The summed E-state index contributed by atoms with van der Waals surface area (Å²) in [6, 6.07) is 9.58. The van der Waals surface area contributed by atoms with E-state index in [0.717, 1.165) is 11.1 Å². The summed E-state index contributed by atoms with van der Waals surface area (Å²) < 4.78 is 5.69. The Morgan fingerprint density at radius 3 is 2.52 bits per heavy atom. The normalized spacial score (nSPS) is 12.0. The number of non-ortho nitro benzene ring substituents is 1. The molecule has 0 spiro atoms. The zero-order valence-corrected chi connectivity index (χ0v) is 12.4. The molecule has 2 aromatic rings. The Balaban J connectivity index is 2.34. The van der Waals surface area contributed by atoms with Gasteiger partial charge in [-0.3, -0.25) is 10.1 Å². The third-order valence-electron chi connectivity index (χ3n) is 3.08. The Morgan fingerprint density at radius 2 is 1.95 bits per heavy atom. The Morgan fingerprint density at radius 1 is 1.24 bits per heavy atom. The topological polar surface area (TPSA) is 78.4 Å². The molecule has 0 amide bonds. The number of nitrogens with zero attached hydrogens (tertiary/aromatic N) is 1. The van der Waals surface area contributed by atoms with Gasteiger partial charge in [0, 0.05) is 12.1 Å². The van der Waals surface area contributed by atoms with Gasteiger partial charge in [0.1, 0.15) is 11.5 Å². The summed E-state index contributed by atoms with van der Waals surface area (Å²) >= 11 is 6.16. The Labute approximate surface area is 127 Å². The highest BCUT2D eigenvalue weighted by molar-refractivity contribution is 6.32. The van der Waals surface area contributed by atoms with E-state index < -0.39 is 4.92 Å². The maximum atomic E-state index is 10.8. The van der Waals surface area contributed by atoms with E-state index in [0.29, 0.717) is 16.5 Å². The molecule has 0 aromatic heterocycles. The minimum Gasteiger partial charge on any atom is -0.455 e. The monoisotopic (exact) mass is 306 g/mol. The molecule has 0 aliphatic heterocycles. The summed E-state index contributed by atoms with van der Waals surface area (Å²) in [5, 5.41) is 11.2. The minimum atomic E-state index is -0.465. The van der Waals surface area contributed by atoms with Gasteiger partial charge in [-0.05, 0) is 43.2 Å².